The summed E-state index contributed by atoms with van der Waals surface area (Å²) >= 11 is 1.59. The maximum Gasteiger partial charge on any atom is 0.236 e. The highest BCUT2D eigenvalue weighted by molar-refractivity contribution is 7.99. The number of benzene rings is 1. The number of nitriles is 1. The maximum absolute atomic E-state index is 12.7. The van der Waals surface area contributed by atoms with Gasteiger partial charge in [-0.3, -0.25) is 4.79 Å². The van der Waals surface area contributed by atoms with Gasteiger partial charge in [-0.2, -0.15) is 5.26 Å². The topological polar surface area (TPSA) is 79.9 Å². The summed E-state index contributed by atoms with van der Waals surface area (Å²) in [6.45, 7) is 5.11. The zero-order valence-electron chi connectivity index (χ0n) is 13.4. The molecule has 1 amide bonds. The van der Waals surface area contributed by atoms with Crippen molar-refractivity contribution >= 4 is 23.5 Å². The molecular weight excluding hydrogens is 324 g/mol. The minimum absolute atomic E-state index is 0.185. The number of nitrogens with zero attached hydrogens (tertiary/aromatic N) is 3. The monoisotopic (exact) mass is 340 g/mol. The summed E-state index contributed by atoms with van der Waals surface area (Å²) in [6.07, 6.45) is 0. The highest BCUT2D eigenvalue weighted by atomic mass is 32.2. The number of rotatable bonds is 2. The maximum atomic E-state index is 12.7. The third kappa shape index (κ3) is 2.26. The first-order valence-electron chi connectivity index (χ1n) is 7.76. The molecule has 2 aliphatic heterocycles. The van der Waals surface area contributed by atoms with Crippen molar-refractivity contribution in [3.05, 3.63) is 34.5 Å². The van der Waals surface area contributed by atoms with Gasteiger partial charge < -0.3 is 14.6 Å². The van der Waals surface area contributed by atoms with Gasteiger partial charge in [-0.25, -0.2) is 4.98 Å². The quantitative estimate of drug-likeness (QED) is 0.909. The number of anilines is 1. The Morgan fingerprint density at radius 1 is 1.46 bits per heavy atom. The van der Waals surface area contributed by atoms with Crippen LogP contribution in [0.4, 0.5) is 5.82 Å². The van der Waals surface area contributed by atoms with Gasteiger partial charge in [-0.1, -0.05) is 17.8 Å². The first-order chi connectivity index (χ1) is 11.6. The number of aromatic nitrogens is 2. The average Bonchev–Trinajstić information content (AvgIpc) is 3.22. The van der Waals surface area contributed by atoms with Crippen LogP contribution in [0.2, 0.25) is 0 Å². The van der Waals surface area contributed by atoms with Crippen molar-refractivity contribution in [2.24, 2.45) is 0 Å². The number of fused-ring (bicyclic) bond motifs is 2. The van der Waals surface area contributed by atoms with E-state index in [4.69, 9.17) is 4.74 Å². The predicted molar refractivity (Wildman–Crippen MR) is 90.4 cm³/mol. The van der Waals surface area contributed by atoms with Gasteiger partial charge in [0.05, 0.1) is 0 Å². The van der Waals surface area contributed by atoms with Gasteiger partial charge in [0, 0.05) is 17.9 Å². The van der Waals surface area contributed by atoms with E-state index in [0.29, 0.717) is 18.1 Å². The molecular formula is C17H16N4O2S. The lowest BCUT2D eigenvalue weighted by Gasteiger charge is -2.10. The van der Waals surface area contributed by atoms with Crippen LogP contribution in [0.15, 0.2) is 17.3 Å². The average molecular weight is 340 g/mol. The Hall–Kier alpha value is -2.46. The molecule has 1 atom stereocenters. The molecule has 0 radical (unpaired) electrons. The van der Waals surface area contributed by atoms with Crippen molar-refractivity contribution in [2.75, 3.05) is 17.7 Å². The molecule has 2 aliphatic rings. The Morgan fingerprint density at radius 2 is 2.25 bits per heavy atom. The van der Waals surface area contributed by atoms with Gasteiger partial charge in [0.15, 0.2) is 16.7 Å². The molecule has 0 aliphatic carbocycles. The van der Waals surface area contributed by atoms with Gasteiger partial charge >= 0.3 is 0 Å². The SMILES string of the molecule is Cc1cc2c(cc1C)[C@H](C(=O)Nc1nc3n(c1C#N)CCS3)CO2. The highest BCUT2D eigenvalue weighted by Gasteiger charge is 2.32. The number of carbonyl (C=O) groups is 1. The number of thioether (sulfide) groups is 1. The standard InChI is InChI=1S/C17H16N4O2S/c1-9-5-11-12(8-23-14(11)6-10(9)2)16(22)19-15-13(7-18)21-3-4-24-17(21)20-15/h5-6,12H,3-4,8H2,1-2H3,(H,19,22)/t12-/m1/s1. The predicted octanol–water partition coefficient (Wildman–Crippen LogP) is 2.59. The van der Waals surface area contributed by atoms with E-state index in [-0.39, 0.29) is 11.8 Å². The lowest BCUT2D eigenvalue weighted by Crippen LogP contribution is -2.23. The molecule has 0 saturated heterocycles. The lowest BCUT2D eigenvalue weighted by molar-refractivity contribution is -0.117. The van der Waals surface area contributed by atoms with Crippen molar-refractivity contribution in [3.8, 4) is 11.8 Å². The van der Waals surface area contributed by atoms with Gasteiger partial charge in [0.1, 0.15) is 24.3 Å². The fourth-order valence-corrected chi connectivity index (χ4v) is 4.02. The van der Waals surface area contributed by atoms with Crippen LogP contribution in [0.25, 0.3) is 0 Å². The van der Waals surface area contributed by atoms with E-state index < -0.39 is 0 Å². The Labute approximate surface area is 143 Å². The Balaban J connectivity index is 1.62. The van der Waals surface area contributed by atoms with E-state index in [1.165, 1.54) is 0 Å². The van der Waals surface area contributed by atoms with Crippen molar-refractivity contribution in [1.82, 2.24) is 9.55 Å². The molecule has 0 fully saturated rings. The summed E-state index contributed by atoms with van der Waals surface area (Å²) in [4.78, 5) is 17.1. The number of carbonyl (C=O) groups excluding carboxylic acids is 1. The summed E-state index contributed by atoms with van der Waals surface area (Å²) in [5, 5.41) is 13.0. The summed E-state index contributed by atoms with van der Waals surface area (Å²) in [7, 11) is 0. The van der Waals surface area contributed by atoms with Gasteiger partial charge in [-0.15, -0.1) is 0 Å². The molecule has 0 saturated carbocycles. The molecule has 2 aromatic rings. The molecule has 6 nitrogen and oxygen atoms in total. The van der Waals surface area contributed by atoms with Crippen LogP contribution in [-0.4, -0.2) is 27.8 Å². The van der Waals surface area contributed by atoms with Gasteiger partial charge in [0.25, 0.3) is 0 Å². The van der Waals surface area contributed by atoms with Crippen LogP contribution >= 0.6 is 11.8 Å². The van der Waals surface area contributed by atoms with Crippen molar-refractivity contribution < 1.29 is 9.53 Å². The van der Waals surface area contributed by atoms with E-state index in [9.17, 15) is 10.1 Å². The molecule has 1 N–H and O–H groups in total. The van der Waals surface area contributed by atoms with E-state index in [1.807, 2.05) is 30.5 Å². The van der Waals surface area contributed by atoms with Crippen LogP contribution in [0.5, 0.6) is 5.75 Å². The minimum atomic E-state index is -0.380. The van der Waals surface area contributed by atoms with E-state index in [1.54, 1.807) is 11.8 Å². The number of hydrogen-bond donors (Lipinski definition) is 1. The summed E-state index contributed by atoms with van der Waals surface area (Å²) < 4.78 is 7.52. The van der Waals surface area contributed by atoms with Gasteiger partial charge in [0.2, 0.25) is 5.91 Å². The molecule has 4 rings (SSSR count). The third-order valence-electron chi connectivity index (χ3n) is 4.55. The van der Waals surface area contributed by atoms with Crippen molar-refractivity contribution in [1.29, 1.82) is 5.26 Å². The zero-order chi connectivity index (χ0) is 16.8. The third-order valence-corrected chi connectivity index (χ3v) is 5.51. The Bertz CT molecular complexity index is 897. The molecule has 0 unspecified atom stereocenters. The van der Waals surface area contributed by atoms with Crippen LogP contribution in [0.3, 0.4) is 0 Å². The van der Waals surface area contributed by atoms with E-state index >= 15 is 0 Å². The molecule has 7 heteroatoms. The van der Waals surface area contributed by atoms with Crippen molar-refractivity contribution in [3.63, 3.8) is 0 Å². The highest BCUT2D eigenvalue weighted by Crippen LogP contribution is 2.37. The van der Waals surface area contributed by atoms with E-state index in [0.717, 1.165) is 39.9 Å². The van der Waals surface area contributed by atoms with Crippen LogP contribution in [0.1, 0.15) is 28.3 Å². The Morgan fingerprint density at radius 3 is 3.04 bits per heavy atom. The molecule has 1 aromatic heterocycles. The molecule has 3 heterocycles. The van der Waals surface area contributed by atoms with Crippen molar-refractivity contribution in [2.45, 2.75) is 31.5 Å². The second kappa shape index (κ2) is 5.56. The molecule has 0 spiro atoms. The molecule has 1 aromatic carbocycles. The zero-order valence-corrected chi connectivity index (χ0v) is 14.2. The second-order valence-electron chi connectivity index (χ2n) is 6.03. The Kier molecular flexibility index (Phi) is 3.50. The largest absolute Gasteiger partial charge is 0.492 e. The van der Waals surface area contributed by atoms with E-state index in [2.05, 4.69) is 16.4 Å². The first-order valence-corrected chi connectivity index (χ1v) is 8.75. The number of amides is 1. The number of hydrogen-bond acceptors (Lipinski definition) is 5. The number of nitrogens with one attached hydrogen (secondary N) is 1. The number of imidazole rings is 1. The lowest BCUT2D eigenvalue weighted by atomic mass is 9.96. The normalized spacial score (nSPS) is 17.8. The minimum Gasteiger partial charge on any atom is -0.492 e. The van der Waals surface area contributed by atoms with Crippen LogP contribution in [0, 0.1) is 25.2 Å². The van der Waals surface area contributed by atoms with Gasteiger partial charge in [-0.05, 0) is 31.0 Å². The number of aryl methyl sites for hydroxylation is 2. The summed E-state index contributed by atoms with van der Waals surface area (Å²) in [6, 6.07) is 6.13. The fraction of sp³-hybridized carbons (Fsp3) is 0.353. The first kappa shape index (κ1) is 15.1. The smallest absolute Gasteiger partial charge is 0.236 e. The fourth-order valence-electron chi connectivity index (χ4n) is 3.07. The summed E-state index contributed by atoms with van der Waals surface area (Å²) in [5.41, 5.74) is 3.59. The number of ether oxygens (including phenoxy) is 1. The molecule has 24 heavy (non-hydrogen) atoms. The molecule has 0 bridgehead atoms. The second-order valence-corrected chi connectivity index (χ2v) is 7.09. The van der Waals surface area contributed by atoms with Crippen LogP contribution in [-0.2, 0) is 11.3 Å². The summed E-state index contributed by atoms with van der Waals surface area (Å²) in [5.74, 6) is 1.46. The molecule has 122 valence electrons. The van der Waals surface area contributed by atoms with Crippen LogP contribution < -0.4 is 10.1 Å².